The Morgan fingerprint density at radius 2 is 2.05 bits per heavy atom. The third kappa shape index (κ3) is 2.35. The number of hydrogen-bond donors (Lipinski definition) is 0. The molecule has 3 heteroatoms. The van der Waals surface area contributed by atoms with E-state index in [1.165, 1.54) is 12.8 Å². The van der Waals surface area contributed by atoms with Crippen molar-refractivity contribution in [2.75, 3.05) is 18.5 Å². The summed E-state index contributed by atoms with van der Waals surface area (Å²) >= 11 is 0. The lowest BCUT2D eigenvalue weighted by Gasteiger charge is -2.51. The summed E-state index contributed by atoms with van der Waals surface area (Å²) in [4.78, 5) is 17.0. The predicted molar refractivity (Wildman–Crippen MR) is 81.8 cm³/mol. The van der Waals surface area contributed by atoms with Crippen LogP contribution in [0.25, 0.3) is 0 Å². The molecule has 1 amide bonds. The molecule has 1 saturated carbocycles. The molecular formula is C17H24N2O. The van der Waals surface area contributed by atoms with Crippen molar-refractivity contribution in [3.05, 3.63) is 30.3 Å². The number of anilines is 1. The van der Waals surface area contributed by atoms with Crippen molar-refractivity contribution < 1.29 is 4.79 Å². The van der Waals surface area contributed by atoms with Gasteiger partial charge in [-0.2, -0.15) is 0 Å². The average Bonchev–Trinajstić information content (AvgIpc) is 2.49. The third-order valence-corrected chi connectivity index (χ3v) is 5.01. The highest BCUT2D eigenvalue weighted by Gasteiger charge is 2.42. The molecule has 2 aliphatic heterocycles. The first-order valence-electron chi connectivity index (χ1n) is 7.78. The molecule has 3 atom stereocenters. The summed E-state index contributed by atoms with van der Waals surface area (Å²) in [5, 5.41) is 0. The quantitative estimate of drug-likeness (QED) is 0.844. The van der Waals surface area contributed by atoms with E-state index < -0.39 is 0 Å². The van der Waals surface area contributed by atoms with E-state index in [2.05, 4.69) is 29.0 Å². The molecule has 2 heterocycles. The van der Waals surface area contributed by atoms with Gasteiger partial charge in [0.25, 0.3) is 0 Å². The molecule has 0 spiro atoms. The predicted octanol–water partition coefficient (Wildman–Crippen LogP) is 2.91. The van der Waals surface area contributed by atoms with Crippen molar-refractivity contribution >= 4 is 11.6 Å². The molecule has 3 aliphatic rings. The number of amides is 1. The Morgan fingerprint density at radius 3 is 2.60 bits per heavy atom. The van der Waals surface area contributed by atoms with Gasteiger partial charge < -0.3 is 9.80 Å². The van der Waals surface area contributed by atoms with Crippen LogP contribution < -0.4 is 4.90 Å². The first-order valence-corrected chi connectivity index (χ1v) is 7.78. The van der Waals surface area contributed by atoms with Gasteiger partial charge in [0.15, 0.2) is 0 Å². The molecule has 3 nitrogen and oxygen atoms in total. The lowest BCUT2D eigenvalue weighted by Crippen LogP contribution is -2.59. The van der Waals surface area contributed by atoms with E-state index in [0.717, 1.165) is 18.7 Å². The minimum atomic E-state index is 0.261. The van der Waals surface area contributed by atoms with Crippen LogP contribution in [-0.2, 0) is 4.79 Å². The summed E-state index contributed by atoms with van der Waals surface area (Å²) in [6.45, 7) is 3.10. The first-order chi connectivity index (χ1) is 9.70. The van der Waals surface area contributed by atoms with E-state index in [1.807, 2.05) is 25.1 Å². The van der Waals surface area contributed by atoms with Gasteiger partial charge in [-0.1, -0.05) is 25.1 Å². The Balaban J connectivity index is 1.89. The number of hydrogen-bond acceptors (Lipinski definition) is 2. The first kappa shape index (κ1) is 13.6. The molecule has 2 bridgehead atoms. The van der Waals surface area contributed by atoms with Crippen molar-refractivity contribution in [3.63, 3.8) is 0 Å². The molecule has 0 unspecified atom stereocenters. The molecule has 4 rings (SSSR count). The smallest absolute Gasteiger partial charge is 0.226 e. The second kappa shape index (κ2) is 5.57. The highest BCUT2D eigenvalue weighted by molar-refractivity contribution is 5.93. The van der Waals surface area contributed by atoms with Gasteiger partial charge in [-0.3, -0.25) is 4.79 Å². The van der Waals surface area contributed by atoms with Gasteiger partial charge in [0.1, 0.15) is 0 Å². The fraction of sp³-hybridized carbons (Fsp3) is 0.588. The van der Waals surface area contributed by atoms with E-state index in [0.29, 0.717) is 24.4 Å². The molecule has 0 radical (unpaired) electrons. The summed E-state index contributed by atoms with van der Waals surface area (Å²) in [7, 11) is 2.22. The van der Waals surface area contributed by atoms with Gasteiger partial charge in [0.05, 0.1) is 0 Å². The maximum atomic E-state index is 12.5. The lowest BCUT2D eigenvalue weighted by molar-refractivity contribution is -0.119. The standard InChI is InChI=1S/C17H24N2O/c1-3-17(20)19(14-7-5-4-6-8-14)16-11-15-10-9-13(16)12-18(15)2/h4-8,13,15-16H,3,9-12H2,1-2H3/t13-,15+,16+/m0/s1. The summed E-state index contributed by atoms with van der Waals surface area (Å²) in [6.07, 6.45) is 4.26. The van der Waals surface area contributed by atoms with Crippen LogP contribution in [-0.4, -0.2) is 36.5 Å². The van der Waals surface area contributed by atoms with Gasteiger partial charge in [-0.05, 0) is 44.4 Å². The van der Waals surface area contributed by atoms with Crippen LogP contribution in [0.4, 0.5) is 5.69 Å². The molecule has 1 aliphatic carbocycles. The van der Waals surface area contributed by atoms with Crippen molar-refractivity contribution in [2.24, 2.45) is 5.92 Å². The van der Waals surface area contributed by atoms with Gasteiger partial charge in [0, 0.05) is 30.7 Å². The second-order valence-electron chi connectivity index (χ2n) is 6.19. The Kier molecular flexibility index (Phi) is 3.79. The maximum Gasteiger partial charge on any atom is 0.226 e. The van der Waals surface area contributed by atoms with Gasteiger partial charge >= 0.3 is 0 Å². The number of piperidine rings is 2. The Labute approximate surface area is 121 Å². The van der Waals surface area contributed by atoms with Gasteiger partial charge in [0.2, 0.25) is 5.91 Å². The highest BCUT2D eigenvalue weighted by atomic mass is 16.2. The molecule has 20 heavy (non-hydrogen) atoms. The van der Waals surface area contributed by atoms with Crippen LogP contribution in [0.1, 0.15) is 32.6 Å². The molecular weight excluding hydrogens is 248 g/mol. The maximum absolute atomic E-state index is 12.5. The van der Waals surface area contributed by atoms with E-state index in [4.69, 9.17) is 0 Å². The molecule has 1 aromatic carbocycles. The van der Waals surface area contributed by atoms with Crippen molar-refractivity contribution in [2.45, 2.75) is 44.7 Å². The number of carbonyl (C=O) groups is 1. The van der Waals surface area contributed by atoms with Crippen molar-refractivity contribution in [3.8, 4) is 0 Å². The Hall–Kier alpha value is -1.35. The van der Waals surface area contributed by atoms with E-state index in [1.54, 1.807) is 0 Å². The minimum Gasteiger partial charge on any atom is -0.309 e. The Bertz CT molecular complexity index is 473. The van der Waals surface area contributed by atoms with Crippen LogP contribution in [0.5, 0.6) is 0 Å². The third-order valence-electron chi connectivity index (χ3n) is 5.01. The second-order valence-corrected chi connectivity index (χ2v) is 6.19. The largest absolute Gasteiger partial charge is 0.309 e. The molecule has 108 valence electrons. The lowest BCUT2D eigenvalue weighted by atomic mass is 9.75. The zero-order valence-electron chi connectivity index (χ0n) is 12.5. The highest BCUT2D eigenvalue weighted by Crippen LogP contribution is 2.38. The van der Waals surface area contributed by atoms with E-state index in [-0.39, 0.29) is 5.91 Å². The summed E-state index contributed by atoms with van der Waals surface area (Å²) in [6, 6.07) is 11.2. The SMILES string of the molecule is CCC(=O)N(c1ccccc1)[C@@H]1C[C@H]2CC[C@H]1CN2C. The zero-order chi connectivity index (χ0) is 14.1. The Morgan fingerprint density at radius 1 is 1.30 bits per heavy atom. The van der Waals surface area contributed by atoms with Crippen LogP contribution in [0.3, 0.4) is 0 Å². The molecule has 0 aromatic heterocycles. The average molecular weight is 272 g/mol. The van der Waals surface area contributed by atoms with E-state index in [9.17, 15) is 4.79 Å². The number of benzene rings is 1. The molecule has 1 aromatic rings. The molecule has 3 fully saturated rings. The van der Waals surface area contributed by atoms with Crippen LogP contribution in [0.15, 0.2) is 30.3 Å². The number of fused-ring (bicyclic) bond motifs is 3. The van der Waals surface area contributed by atoms with Crippen molar-refractivity contribution in [1.29, 1.82) is 0 Å². The number of para-hydroxylation sites is 1. The fourth-order valence-electron chi connectivity index (χ4n) is 3.92. The van der Waals surface area contributed by atoms with Gasteiger partial charge in [-0.15, -0.1) is 0 Å². The number of carbonyl (C=O) groups excluding carboxylic acids is 1. The number of nitrogens with zero attached hydrogens (tertiary/aromatic N) is 2. The summed E-state index contributed by atoms with van der Waals surface area (Å²) in [5.41, 5.74) is 1.07. The molecule has 0 N–H and O–H groups in total. The topological polar surface area (TPSA) is 23.6 Å². The zero-order valence-corrected chi connectivity index (χ0v) is 12.5. The molecule has 2 saturated heterocycles. The normalized spacial score (nSPS) is 29.4. The van der Waals surface area contributed by atoms with Crippen LogP contribution in [0, 0.1) is 5.92 Å². The monoisotopic (exact) mass is 272 g/mol. The van der Waals surface area contributed by atoms with E-state index >= 15 is 0 Å². The number of rotatable bonds is 3. The minimum absolute atomic E-state index is 0.261. The summed E-state index contributed by atoms with van der Waals surface area (Å²) < 4.78 is 0. The fourth-order valence-corrected chi connectivity index (χ4v) is 3.92. The van der Waals surface area contributed by atoms with Crippen LogP contribution >= 0.6 is 0 Å². The van der Waals surface area contributed by atoms with Gasteiger partial charge in [-0.25, -0.2) is 0 Å². The van der Waals surface area contributed by atoms with Crippen LogP contribution in [0.2, 0.25) is 0 Å². The summed E-state index contributed by atoms with van der Waals surface area (Å²) in [5.74, 6) is 0.886. The van der Waals surface area contributed by atoms with Crippen molar-refractivity contribution in [1.82, 2.24) is 4.90 Å².